The van der Waals surface area contributed by atoms with Crippen LogP contribution in [0.15, 0.2) is 36.5 Å². The average molecular weight is 640 g/mol. The molecule has 0 saturated carbocycles. The Kier molecular flexibility index (Phi) is 13.4. The Morgan fingerprint density at radius 2 is 1.65 bits per heavy atom. The first kappa shape index (κ1) is 37.9. The summed E-state index contributed by atoms with van der Waals surface area (Å²) in [7, 11) is 0. The topological polar surface area (TPSA) is 142 Å². The molecule has 4 rings (SSSR count). The second kappa shape index (κ2) is 16.3. The Morgan fingerprint density at radius 3 is 2.26 bits per heavy atom. The molecule has 2 aromatic heterocycles. The molecule has 0 bridgehead atoms. The quantitative estimate of drug-likeness (QED) is 0.211. The van der Waals surface area contributed by atoms with Gasteiger partial charge in [0.25, 0.3) is 5.91 Å². The number of amides is 2. The van der Waals surface area contributed by atoms with Gasteiger partial charge in [-0.3, -0.25) is 4.79 Å². The van der Waals surface area contributed by atoms with Gasteiger partial charge in [0.15, 0.2) is 0 Å². The van der Waals surface area contributed by atoms with E-state index in [0.717, 1.165) is 11.1 Å². The van der Waals surface area contributed by atoms with Crippen LogP contribution in [0.25, 0.3) is 0 Å². The van der Waals surface area contributed by atoms with Crippen LogP contribution >= 0.6 is 0 Å². The largest absolute Gasteiger partial charge is 0.444 e. The number of aromatic nitrogens is 3. The number of fused-ring (bicyclic) bond motifs is 1. The molecule has 46 heavy (non-hydrogen) atoms. The second-order valence-electron chi connectivity index (χ2n) is 12.1. The van der Waals surface area contributed by atoms with Gasteiger partial charge in [0.2, 0.25) is 5.95 Å². The summed E-state index contributed by atoms with van der Waals surface area (Å²) in [5, 5.41) is 19.3. The van der Waals surface area contributed by atoms with E-state index in [1.807, 2.05) is 80.5 Å². The fraction of sp³-hybridized carbons (Fsp3) is 0.500. The number of hydrogen-bond acceptors (Lipinski definition) is 9. The Balaban J connectivity index is 0.00000177. The third-order valence-corrected chi connectivity index (χ3v) is 6.25. The molecule has 0 spiro atoms. The minimum atomic E-state index is -1.52. The summed E-state index contributed by atoms with van der Waals surface area (Å²) in [6.07, 6.45) is 1.73. The third-order valence-electron chi connectivity index (χ3n) is 6.25. The van der Waals surface area contributed by atoms with E-state index >= 15 is 0 Å². The second-order valence-corrected chi connectivity index (χ2v) is 12.1. The van der Waals surface area contributed by atoms with Crippen molar-refractivity contribution in [1.82, 2.24) is 25.2 Å². The number of ether oxygens (including phenoxy) is 1. The maximum absolute atomic E-state index is 14.3. The van der Waals surface area contributed by atoms with Crippen LogP contribution in [0.5, 0.6) is 0 Å². The predicted molar refractivity (Wildman–Crippen MR) is 180 cm³/mol. The monoisotopic (exact) mass is 639 g/mol. The molecule has 1 aromatic carbocycles. The van der Waals surface area contributed by atoms with Crippen LogP contribution in [0.4, 0.5) is 32.5 Å². The van der Waals surface area contributed by atoms with Gasteiger partial charge in [0.05, 0.1) is 0 Å². The average Bonchev–Trinajstić information content (AvgIpc) is 2.98. The van der Waals surface area contributed by atoms with Gasteiger partial charge >= 0.3 is 6.09 Å². The zero-order chi connectivity index (χ0) is 34.8. The summed E-state index contributed by atoms with van der Waals surface area (Å²) in [5.74, 6) is -0.537. The van der Waals surface area contributed by atoms with Gasteiger partial charge in [0.1, 0.15) is 39.9 Å². The number of anilines is 4. The Bertz CT molecular complexity index is 1480. The van der Waals surface area contributed by atoms with Crippen LogP contribution in [0.1, 0.15) is 103 Å². The predicted octanol–water partition coefficient (Wildman–Crippen LogP) is 7.21. The molecule has 0 atom stereocenters. The zero-order valence-corrected chi connectivity index (χ0v) is 29.0. The first-order valence-electron chi connectivity index (χ1n) is 15.8. The fourth-order valence-corrected chi connectivity index (χ4v) is 4.35. The van der Waals surface area contributed by atoms with Crippen molar-refractivity contribution in [2.45, 2.75) is 106 Å². The number of nitrogens with zero attached hydrogens (tertiary/aromatic N) is 4. The summed E-state index contributed by atoms with van der Waals surface area (Å²) in [6.45, 7) is 21.0. The number of nitrogens with one attached hydrogen (secondary N) is 3. The molecular formula is C34H50FN7O4. The lowest BCUT2D eigenvalue weighted by molar-refractivity contribution is 0.0223. The normalized spacial score (nSPS) is 12.5. The smallest absolute Gasteiger partial charge is 0.410 e. The van der Waals surface area contributed by atoms with Crippen molar-refractivity contribution in [3.63, 3.8) is 0 Å². The summed E-state index contributed by atoms with van der Waals surface area (Å²) < 4.78 is 19.9. The number of aliphatic hydroxyl groups is 1. The number of halogens is 1. The summed E-state index contributed by atoms with van der Waals surface area (Å²) in [5.41, 5.74) is 0.693. The van der Waals surface area contributed by atoms with Gasteiger partial charge in [-0.25, -0.2) is 19.2 Å². The molecule has 2 amide bonds. The van der Waals surface area contributed by atoms with Gasteiger partial charge in [-0.15, -0.1) is 0 Å². The van der Waals surface area contributed by atoms with Crippen molar-refractivity contribution in [3.8, 4) is 0 Å². The van der Waals surface area contributed by atoms with E-state index in [4.69, 9.17) is 4.74 Å². The van der Waals surface area contributed by atoms with Gasteiger partial charge in [-0.05, 0) is 90.3 Å². The lowest BCUT2D eigenvalue weighted by Gasteiger charge is -2.31. The molecule has 1 aliphatic heterocycles. The maximum Gasteiger partial charge on any atom is 0.410 e. The Morgan fingerprint density at radius 1 is 0.978 bits per heavy atom. The number of carbonyl (C=O) groups excluding carboxylic acids is 2. The fourth-order valence-electron chi connectivity index (χ4n) is 4.35. The van der Waals surface area contributed by atoms with Crippen LogP contribution in [0, 0.1) is 5.82 Å². The van der Waals surface area contributed by atoms with Gasteiger partial charge in [0, 0.05) is 31.0 Å². The van der Waals surface area contributed by atoms with E-state index in [9.17, 15) is 19.1 Å². The van der Waals surface area contributed by atoms with E-state index in [-0.39, 0.29) is 41.0 Å². The van der Waals surface area contributed by atoms with Crippen molar-refractivity contribution in [2.75, 3.05) is 17.2 Å². The first-order valence-corrected chi connectivity index (χ1v) is 15.8. The highest BCUT2D eigenvalue weighted by Crippen LogP contribution is 2.28. The summed E-state index contributed by atoms with van der Waals surface area (Å²) in [4.78, 5) is 40.3. The van der Waals surface area contributed by atoms with Crippen LogP contribution in [0.2, 0.25) is 0 Å². The lowest BCUT2D eigenvalue weighted by atomic mass is 9.99. The first-order chi connectivity index (χ1) is 21.6. The number of pyridine rings is 1. The number of hydrogen-bond donors (Lipinski definition) is 4. The summed E-state index contributed by atoms with van der Waals surface area (Å²) >= 11 is 0. The highest BCUT2D eigenvalue weighted by Gasteiger charge is 2.27. The standard InChI is InChI=1S/C30H38FN7O4.2C2H6/c1-17(2)33-26(39)21-15-32-27(37-25(21)36-23-11-10-22(31)24(35-23)30(6,7)41)34-20-9-8-18-12-13-38(16-19(18)14-20)28(40)42-29(3,4)5;2*1-2/h8-11,14-15,17,41H,12-13,16H2,1-7H3,(H,33,39)(H2,32,34,35,36,37);2*1-2H3. The van der Waals surface area contributed by atoms with Gasteiger partial charge < -0.3 is 30.7 Å². The molecule has 0 saturated heterocycles. The van der Waals surface area contributed by atoms with Crippen LogP contribution in [-0.2, 0) is 23.3 Å². The van der Waals surface area contributed by atoms with Gasteiger partial charge in [-0.1, -0.05) is 33.8 Å². The highest BCUT2D eigenvalue weighted by molar-refractivity contribution is 5.99. The Labute approximate surface area is 272 Å². The Hall–Kier alpha value is -4.32. The van der Waals surface area contributed by atoms with E-state index in [1.54, 1.807) is 4.90 Å². The molecule has 4 N–H and O–H groups in total. The molecule has 252 valence electrons. The lowest BCUT2D eigenvalue weighted by Crippen LogP contribution is -2.39. The minimum Gasteiger partial charge on any atom is -0.444 e. The van der Waals surface area contributed by atoms with Crippen molar-refractivity contribution in [1.29, 1.82) is 0 Å². The zero-order valence-electron chi connectivity index (χ0n) is 29.0. The molecule has 12 heteroatoms. The van der Waals surface area contributed by atoms with Crippen LogP contribution < -0.4 is 16.0 Å². The SMILES string of the molecule is CC.CC.CC(C)NC(=O)c1cnc(Nc2ccc3c(c2)CN(C(=O)OC(C)(C)C)CC3)nc1Nc1ccc(F)c(C(C)(C)O)n1. The molecule has 3 aromatic rings. The van der Waals surface area contributed by atoms with Crippen LogP contribution in [0.3, 0.4) is 0 Å². The molecule has 0 unspecified atom stereocenters. The van der Waals surface area contributed by atoms with Gasteiger partial charge in [-0.2, -0.15) is 4.98 Å². The molecule has 11 nitrogen and oxygen atoms in total. The maximum atomic E-state index is 14.3. The molecular weight excluding hydrogens is 589 g/mol. The molecule has 0 radical (unpaired) electrons. The molecule has 1 aliphatic rings. The van der Waals surface area contributed by atoms with Crippen molar-refractivity contribution in [3.05, 3.63) is 64.7 Å². The van der Waals surface area contributed by atoms with Crippen molar-refractivity contribution >= 4 is 35.3 Å². The number of carbonyl (C=O) groups is 2. The van der Waals surface area contributed by atoms with E-state index < -0.39 is 22.9 Å². The van der Waals surface area contributed by atoms with Crippen LogP contribution in [-0.4, -0.2) is 55.1 Å². The highest BCUT2D eigenvalue weighted by atomic mass is 19.1. The molecule has 3 heterocycles. The molecule has 0 fully saturated rings. The van der Waals surface area contributed by atoms with Crippen molar-refractivity contribution in [2.24, 2.45) is 0 Å². The number of rotatable bonds is 7. The number of benzene rings is 1. The molecule has 0 aliphatic carbocycles. The minimum absolute atomic E-state index is 0.135. The third kappa shape index (κ3) is 10.6. The van der Waals surface area contributed by atoms with E-state index in [0.29, 0.717) is 25.2 Å². The van der Waals surface area contributed by atoms with E-state index in [1.165, 1.54) is 32.2 Å². The van der Waals surface area contributed by atoms with E-state index in [2.05, 4.69) is 30.9 Å². The van der Waals surface area contributed by atoms with Crippen molar-refractivity contribution < 1.29 is 23.8 Å². The summed E-state index contributed by atoms with van der Waals surface area (Å²) in [6, 6.07) is 8.26.